The van der Waals surface area contributed by atoms with Crippen molar-refractivity contribution in [1.29, 1.82) is 0 Å². The van der Waals surface area contributed by atoms with Gasteiger partial charge in [0, 0.05) is 22.0 Å². The van der Waals surface area contributed by atoms with Gasteiger partial charge in [0.1, 0.15) is 0 Å². The summed E-state index contributed by atoms with van der Waals surface area (Å²) in [4.78, 5) is 4.66. The molecule has 18 heavy (non-hydrogen) atoms. The van der Waals surface area contributed by atoms with E-state index in [1.165, 1.54) is 32.1 Å². The third kappa shape index (κ3) is 3.37. The lowest BCUT2D eigenvalue weighted by atomic mass is 9.78. The van der Waals surface area contributed by atoms with Gasteiger partial charge in [-0.3, -0.25) is 4.90 Å². The number of sulfonamides is 1. The summed E-state index contributed by atoms with van der Waals surface area (Å²) in [5.74, 6) is 0.690. The van der Waals surface area contributed by atoms with E-state index >= 15 is 0 Å². The summed E-state index contributed by atoms with van der Waals surface area (Å²) in [7, 11) is -3.60. The molecular weight excluding hydrogens is 252 g/mol. The van der Waals surface area contributed by atoms with Gasteiger partial charge >= 0.3 is 0 Å². The van der Waals surface area contributed by atoms with Gasteiger partial charge in [0.2, 0.25) is 10.0 Å². The molecule has 0 spiro atoms. The summed E-state index contributed by atoms with van der Waals surface area (Å²) in [6, 6.07) is 0.550. The number of hydrogen-bond acceptors (Lipinski definition) is 3. The molecule has 1 aliphatic heterocycles. The van der Waals surface area contributed by atoms with Crippen LogP contribution in [0.1, 0.15) is 38.5 Å². The van der Waals surface area contributed by atoms with Gasteiger partial charge in [0.15, 0.2) is 0 Å². The summed E-state index contributed by atoms with van der Waals surface area (Å²) in [5, 5.41) is 0. The van der Waals surface area contributed by atoms with Crippen molar-refractivity contribution in [2.45, 2.75) is 44.6 Å². The highest BCUT2D eigenvalue weighted by Gasteiger charge is 2.33. The first kappa shape index (κ1) is 13.6. The van der Waals surface area contributed by atoms with Crippen molar-refractivity contribution in [3.63, 3.8) is 0 Å². The zero-order valence-electron chi connectivity index (χ0n) is 10.5. The molecule has 1 heterocycles. The van der Waals surface area contributed by atoms with Crippen LogP contribution in [-0.4, -0.2) is 38.2 Å². The van der Waals surface area contributed by atoms with Crippen LogP contribution >= 0.6 is 0 Å². The molecule has 0 radical (unpaired) electrons. The first-order valence-corrected chi connectivity index (χ1v) is 8.26. The number of azide groups is 1. The number of nitrogens with zero attached hydrogens (tertiary/aromatic N) is 4. The Morgan fingerprint density at radius 3 is 2.72 bits per heavy atom. The Bertz CT molecular complexity index is 428. The first-order chi connectivity index (χ1) is 8.62. The highest BCUT2D eigenvalue weighted by Crippen LogP contribution is 2.35. The quantitative estimate of drug-likeness (QED) is 0.447. The Balaban J connectivity index is 1.94. The normalized spacial score (nSPS) is 29.3. The molecule has 1 saturated heterocycles. The second-order valence-electron chi connectivity index (χ2n) is 5.25. The van der Waals surface area contributed by atoms with E-state index in [0.717, 1.165) is 18.9 Å². The molecule has 2 unspecified atom stereocenters. The van der Waals surface area contributed by atoms with Gasteiger partial charge < -0.3 is 0 Å². The minimum absolute atomic E-state index is 0.0553. The molecule has 2 fully saturated rings. The number of rotatable bonds is 4. The van der Waals surface area contributed by atoms with E-state index in [4.69, 9.17) is 5.53 Å². The van der Waals surface area contributed by atoms with Crippen LogP contribution in [0.5, 0.6) is 0 Å². The molecule has 1 saturated carbocycles. The Hall–Kier alpha value is -0.780. The highest BCUT2D eigenvalue weighted by atomic mass is 32.2. The van der Waals surface area contributed by atoms with Crippen molar-refractivity contribution in [2.24, 2.45) is 10.4 Å². The maximum absolute atomic E-state index is 11.4. The number of hydrogen-bond donors (Lipinski definition) is 0. The lowest BCUT2D eigenvalue weighted by molar-refractivity contribution is 0.0663. The van der Waals surface area contributed by atoms with Crippen LogP contribution in [0.2, 0.25) is 0 Å². The predicted molar refractivity (Wildman–Crippen MR) is 69.5 cm³/mol. The van der Waals surface area contributed by atoms with E-state index in [-0.39, 0.29) is 5.75 Å². The largest absolute Gasteiger partial charge is 0.299 e. The third-order valence-electron chi connectivity index (χ3n) is 4.16. The average molecular weight is 272 g/mol. The third-order valence-corrected chi connectivity index (χ3v) is 5.18. The molecule has 6 nitrogen and oxygen atoms in total. The van der Waals surface area contributed by atoms with Crippen LogP contribution in [0, 0.1) is 5.92 Å². The van der Waals surface area contributed by atoms with Gasteiger partial charge in [-0.05, 0) is 43.7 Å². The van der Waals surface area contributed by atoms with Crippen molar-refractivity contribution in [2.75, 3.05) is 18.8 Å². The van der Waals surface area contributed by atoms with E-state index in [1.807, 2.05) is 0 Å². The molecule has 0 N–H and O–H groups in total. The van der Waals surface area contributed by atoms with E-state index in [2.05, 4.69) is 14.3 Å². The molecule has 0 aromatic heterocycles. The zero-order valence-corrected chi connectivity index (χ0v) is 11.3. The van der Waals surface area contributed by atoms with Gasteiger partial charge in [-0.15, -0.1) is 0 Å². The first-order valence-electron chi connectivity index (χ1n) is 6.65. The second kappa shape index (κ2) is 5.91. The van der Waals surface area contributed by atoms with Crippen molar-refractivity contribution in [3.8, 4) is 0 Å². The van der Waals surface area contributed by atoms with Crippen LogP contribution in [0.4, 0.5) is 0 Å². The fraction of sp³-hybridized carbons (Fsp3) is 1.00. The number of likely N-dealkylation sites (tertiary alicyclic amines) is 1. The summed E-state index contributed by atoms with van der Waals surface area (Å²) < 4.78 is 25.6. The SMILES string of the molecule is [N-]=[N+]=NS(=O)(=O)CCN1CCCC2CCCCC21. The number of piperidine rings is 1. The predicted octanol–water partition coefficient (Wildman–Crippen LogP) is 2.28. The van der Waals surface area contributed by atoms with Gasteiger partial charge in [-0.25, -0.2) is 8.42 Å². The Kier molecular flexibility index (Phi) is 4.48. The topological polar surface area (TPSA) is 86.1 Å². The van der Waals surface area contributed by atoms with Crippen molar-refractivity contribution < 1.29 is 8.42 Å². The van der Waals surface area contributed by atoms with Crippen LogP contribution in [0.3, 0.4) is 0 Å². The molecule has 2 aliphatic rings. The molecule has 2 rings (SSSR count). The lowest BCUT2D eigenvalue weighted by Crippen LogP contribution is -2.48. The minimum Gasteiger partial charge on any atom is -0.299 e. The lowest BCUT2D eigenvalue weighted by Gasteiger charge is -2.44. The van der Waals surface area contributed by atoms with Gasteiger partial charge in [0.25, 0.3) is 0 Å². The Morgan fingerprint density at radius 1 is 1.22 bits per heavy atom. The van der Waals surface area contributed by atoms with Crippen LogP contribution in [-0.2, 0) is 10.0 Å². The van der Waals surface area contributed by atoms with Gasteiger partial charge in [-0.2, -0.15) is 0 Å². The molecule has 1 aliphatic carbocycles. The van der Waals surface area contributed by atoms with E-state index in [1.54, 1.807) is 0 Å². The molecular formula is C11H20N4O2S. The minimum atomic E-state index is -3.60. The second-order valence-corrected chi connectivity index (χ2v) is 6.98. The van der Waals surface area contributed by atoms with Crippen LogP contribution in [0.15, 0.2) is 4.52 Å². The zero-order chi connectivity index (χ0) is 13.0. The van der Waals surface area contributed by atoms with E-state index in [9.17, 15) is 8.42 Å². The Morgan fingerprint density at radius 2 is 1.94 bits per heavy atom. The summed E-state index contributed by atoms with van der Waals surface area (Å²) in [6.45, 7) is 1.48. The molecule has 2 atom stereocenters. The van der Waals surface area contributed by atoms with Crippen molar-refractivity contribution in [1.82, 2.24) is 4.90 Å². The molecule has 0 amide bonds. The van der Waals surface area contributed by atoms with E-state index in [0.29, 0.717) is 12.6 Å². The van der Waals surface area contributed by atoms with Gasteiger partial charge in [0.05, 0.1) is 5.75 Å². The highest BCUT2D eigenvalue weighted by molar-refractivity contribution is 7.90. The molecule has 0 bridgehead atoms. The van der Waals surface area contributed by atoms with Crippen molar-refractivity contribution >= 4 is 10.0 Å². The van der Waals surface area contributed by atoms with Crippen LogP contribution in [0.25, 0.3) is 10.4 Å². The smallest absolute Gasteiger partial charge is 0.236 e. The molecule has 0 aromatic rings. The maximum atomic E-state index is 11.4. The van der Waals surface area contributed by atoms with Crippen LogP contribution < -0.4 is 0 Å². The monoisotopic (exact) mass is 272 g/mol. The average Bonchev–Trinajstić information content (AvgIpc) is 2.36. The fourth-order valence-electron chi connectivity index (χ4n) is 3.33. The summed E-state index contributed by atoms with van der Waals surface area (Å²) in [5.41, 5.74) is 8.19. The Labute approximate surface area is 108 Å². The standard InChI is InChI=1S/C11H20N4O2S/c12-13-14-18(16,17)9-8-15-7-3-5-10-4-1-2-6-11(10)15/h10-11H,1-9H2. The number of fused-ring (bicyclic) bond motifs is 1. The molecule has 7 heteroatoms. The summed E-state index contributed by atoms with van der Waals surface area (Å²) in [6.07, 6.45) is 7.47. The summed E-state index contributed by atoms with van der Waals surface area (Å²) >= 11 is 0. The molecule has 102 valence electrons. The van der Waals surface area contributed by atoms with E-state index < -0.39 is 10.0 Å². The maximum Gasteiger partial charge on any atom is 0.236 e. The van der Waals surface area contributed by atoms with Crippen molar-refractivity contribution in [3.05, 3.63) is 10.4 Å². The molecule has 0 aromatic carbocycles. The fourth-order valence-corrected chi connectivity index (χ4v) is 3.99. The van der Waals surface area contributed by atoms with Gasteiger partial charge in [-0.1, -0.05) is 12.8 Å².